The van der Waals surface area contributed by atoms with Crippen LogP contribution in [0.15, 0.2) is 18.2 Å². The first-order valence-electron chi connectivity index (χ1n) is 6.35. The van der Waals surface area contributed by atoms with Crippen molar-refractivity contribution in [3.63, 3.8) is 0 Å². The third-order valence-corrected chi connectivity index (χ3v) is 3.09. The molecular weight excluding hydrogens is 246 g/mol. The van der Waals surface area contributed by atoms with E-state index < -0.39 is 0 Å². The van der Waals surface area contributed by atoms with Gasteiger partial charge in [-0.2, -0.15) is 4.98 Å². The lowest BCUT2D eigenvalue weighted by atomic mass is 10.3. The van der Waals surface area contributed by atoms with E-state index >= 15 is 0 Å². The van der Waals surface area contributed by atoms with Crippen LogP contribution in [0.4, 0.5) is 5.82 Å². The number of aromatic nitrogens is 1. The molecule has 1 aromatic rings. The van der Waals surface area contributed by atoms with E-state index in [1.54, 1.807) is 0 Å². The van der Waals surface area contributed by atoms with E-state index in [0.29, 0.717) is 23.5 Å². The Morgan fingerprint density at radius 2 is 2.33 bits per heavy atom. The summed E-state index contributed by atoms with van der Waals surface area (Å²) in [6, 6.07) is 6.46. The van der Waals surface area contributed by atoms with Crippen molar-refractivity contribution in [2.24, 2.45) is 5.73 Å². The van der Waals surface area contributed by atoms with Crippen LogP contribution in [0.25, 0.3) is 0 Å². The maximum atomic E-state index is 5.58. The van der Waals surface area contributed by atoms with E-state index in [-0.39, 0.29) is 0 Å². The summed E-state index contributed by atoms with van der Waals surface area (Å²) in [5.74, 6) is 1.63. The van der Waals surface area contributed by atoms with Gasteiger partial charge in [-0.15, -0.1) is 0 Å². The van der Waals surface area contributed by atoms with Gasteiger partial charge in [0.05, 0.1) is 11.6 Å². The number of nitrogens with zero attached hydrogens (tertiary/aromatic N) is 2. The van der Waals surface area contributed by atoms with Crippen molar-refractivity contribution < 1.29 is 4.74 Å². The molecule has 1 aliphatic rings. The molecule has 0 bridgehead atoms. The van der Waals surface area contributed by atoms with Gasteiger partial charge in [-0.25, -0.2) is 0 Å². The van der Waals surface area contributed by atoms with Gasteiger partial charge in [-0.3, -0.25) is 0 Å². The monoisotopic (exact) mass is 265 g/mol. The van der Waals surface area contributed by atoms with Gasteiger partial charge in [0.25, 0.3) is 0 Å². The molecule has 2 rings (SSSR count). The molecule has 0 aromatic carbocycles. The summed E-state index contributed by atoms with van der Waals surface area (Å²) in [4.78, 5) is 7.36. The standard InChI is InChI=1S/C13H19N3OS/c1-2-17-13-5-3-4-12(15-13)16(10-6-7-10)9-8-11(14)18/h3-5,10H,2,6-9H2,1H3,(H2,14,18). The lowest BCUT2D eigenvalue weighted by molar-refractivity contribution is 0.327. The number of hydrogen-bond acceptors (Lipinski definition) is 4. The van der Waals surface area contributed by atoms with E-state index in [4.69, 9.17) is 22.7 Å². The predicted octanol–water partition coefficient (Wildman–Crippen LogP) is 2.13. The van der Waals surface area contributed by atoms with Gasteiger partial charge in [-0.05, 0) is 25.8 Å². The maximum Gasteiger partial charge on any atom is 0.215 e. The first-order valence-corrected chi connectivity index (χ1v) is 6.76. The summed E-state index contributed by atoms with van der Waals surface area (Å²) >= 11 is 4.94. The van der Waals surface area contributed by atoms with Gasteiger partial charge in [-0.1, -0.05) is 18.3 Å². The summed E-state index contributed by atoms with van der Waals surface area (Å²) in [7, 11) is 0. The van der Waals surface area contributed by atoms with Crippen LogP contribution in [0.1, 0.15) is 26.2 Å². The SMILES string of the molecule is CCOc1cccc(N(CCC(N)=S)C2CC2)n1. The summed E-state index contributed by atoms with van der Waals surface area (Å²) in [5.41, 5.74) is 5.58. The van der Waals surface area contributed by atoms with Crippen molar-refractivity contribution in [3.05, 3.63) is 18.2 Å². The molecule has 1 fully saturated rings. The van der Waals surface area contributed by atoms with Crippen LogP contribution in [0.3, 0.4) is 0 Å². The van der Waals surface area contributed by atoms with Gasteiger partial charge in [0.1, 0.15) is 5.82 Å². The number of anilines is 1. The fraction of sp³-hybridized carbons (Fsp3) is 0.538. The number of ether oxygens (including phenoxy) is 1. The van der Waals surface area contributed by atoms with E-state index in [2.05, 4.69) is 9.88 Å². The number of thiocarbonyl (C=S) groups is 1. The van der Waals surface area contributed by atoms with E-state index in [1.165, 1.54) is 12.8 Å². The first kappa shape index (κ1) is 13.1. The highest BCUT2D eigenvalue weighted by Gasteiger charge is 2.29. The second-order valence-electron chi connectivity index (χ2n) is 4.41. The molecule has 0 aliphatic heterocycles. The molecule has 0 saturated heterocycles. The predicted molar refractivity (Wildman–Crippen MR) is 77.2 cm³/mol. The molecule has 18 heavy (non-hydrogen) atoms. The molecule has 1 heterocycles. The minimum Gasteiger partial charge on any atom is -0.478 e. The van der Waals surface area contributed by atoms with Crippen molar-refractivity contribution in [1.29, 1.82) is 0 Å². The minimum atomic E-state index is 0.557. The maximum absolute atomic E-state index is 5.58. The molecule has 0 amide bonds. The van der Waals surface area contributed by atoms with Crippen LogP contribution in [0, 0.1) is 0 Å². The first-order chi connectivity index (χ1) is 8.70. The Balaban J connectivity index is 2.09. The number of nitrogens with two attached hydrogens (primary N) is 1. The molecule has 5 heteroatoms. The van der Waals surface area contributed by atoms with Crippen LogP contribution < -0.4 is 15.4 Å². The molecule has 0 atom stereocenters. The molecule has 1 aliphatic carbocycles. The third kappa shape index (κ3) is 3.57. The smallest absolute Gasteiger partial charge is 0.215 e. The quantitative estimate of drug-likeness (QED) is 0.765. The van der Waals surface area contributed by atoms with Gasteiger partial charge >= 0.3 is 0 Å². The Bertz CT molecular complexity index is 420. The van der Waals surface area contributed by atoms with Gasteiger partial charge < -0.3 is 15.4 Å². The molecule has 98 valence electrons. The number of rotatable bonds is 7. The molecule has 4 nitrogen and oxygen atoms in total. The minimum absolute atomic E-state index is 0.557. The zero-order chi connectivity index (χ0) is 13.0. The highest BCUT2D eigenvalue weighted by molar-refractivity contribution is 7.80. The lowest BCUT2D eigenvalue weighted by Gasteiger charge is -2.23. The second-order valence-corrected chi connectivity index (χ2v) is 4.93. The van der Waals surface area contributed by atoms with Crippen molar-refractivity contribution >= 4 is 23.0 Å². The Kier molecular flexibility index (Phi) is 4.36. The van der Waals surface area contributed by atoms with Crippen LogP contribution in [-0.4, -0.2) is 29.2 Å². The van der Waals surface area contributed by atoms with Crippen molar-refractivity contribution in [2.75, 3.05) is 18.1 Å². The molecule has 0 unspecified atom stereocenters. The zero-order valence-electron chi connectivity index (χ0n) is 10.6. The van der Waals surface area contributed by atoms with Gasteiger partial charge in [0, 0.05) is 25.1 Å². The summed E-state index contributed by atoms with van der Waals surface area (Å²) in [5, 5.41) is 0. The third-order valence-electron chi connectivity index (χ3n) is 2.88. The number of pyridine rings is 1. The molecular formula is C13H19N3OS. The van der Waals surface area contributed by atoms with Gasteiger partial charge in [0.15, 0.2) is 0 Å². The van der Waals surface area contributed by atoms with Crippen LogP contribution >= 0.6 is 12.2 Å². The van der Waals surface area contributed by atoms with E-state index in [0.717, 1.165) is 18.8 Å². The summed E-state index contributed by atoms with van der Waals surface area (Å²) in [6.45, 7) is 3.43. The highest BCUT2D eigenvalue weighted by Crippen LogP contribution is 2.31. The molecule has 1 aromatic heterocycles. The molecule has 1 saturated carbocycles. The lowest BCUT2D eigenvalue weighted by Crippen LogP contribution is -2.30. The Morgan fingerprint density at radius 3 is 2.94 bits per heavy atom. The highest BCUT2D eigenvalue weighted by atomic mass is 32.1. The summed E-state index contributed by atoms with van der Waals surface area (Å²) in [6.07, 6.45) is 3.17. The zero-order valence-corrected chi connectivity index (χ0v) is 11.4. The van der Waals surface area contributed by atoms with E-state index in [1.807, 2.05) is 25.1 Å². The second kappa shape index (κ2) is 6.00. The Morgan fingerprint density at radius 1 is 1.56 bits per heavy atom. The van der Waals surface area contributed by atoms with Gasteiger partial charge in [0.2, 0.25) is 5.88 Å². The Labute approximate surface area is 113 Å². The van der Waals surface area contributed by atoms with Crippen molar-refractivity contribution in [2.45, 2.75) is 32.2 Å². The molecule has 0 radical (unpaired) electrons. The van der Waals surface area contributed by atoms with Crippen LogP contribution in [0.5, 0.6) is 5.88 Å². The average molecular weight is 265 g/mol. The fourth-order valence-corrected chi connectivity index (χ4v) is 1.98. The van der Waals surface area contributed by atoms with Crippen LogP contribution in [0.2, 0.25) is 0 Å². The molecule has 2 N–H and O–H groups in total. The Hall–Kier alpha value is -1.36. The topological polar surface area (TPSA) is 51.4 Å². The van der Waals surface area contributed by atoms with E-state index in [9.17, 15) is 0 Å². The average Bonchev–Trinajstić information content (AvgIpc) is 3.14. The van der Waals surface area contributed by atoms with Crippen molar-refractivity contribution in [3.8, 4) is 5.88 Å². The largest absolute Gasteiger partial charge is 0.478 e. The van der Waals surface area contributed by atoms with Crippen LogP contribution in [-0.2, 0) is 0 Å². The molecule has 0 spiro atoms. The normalized spacial score (nSPS) is 14.3. The van der Waals surface area contributed by atoms with Crippen molar-refractivity contribution in [1.82, 2.24) is 4.98 Å². The summed E-state index contributed by atoms with van der Waals surface area (Å²) < 4.78 is 5.43. The fourth-order valence-electron chi connectivity index (χ4n) is 1.89. The number of hydrogen-bond donors (Lipinski definition) is 1.